The Labute approximate surface area is 107 Å². The van der Waals surface area contributed by atoms with Gasteiger partial charge in [-0.05, 0) is 25.0 Å². The van der Waals surface area contributed by atoms with Gasteiger partial charge >= 0.3 is 0 Å². The van der Waals surface area contributed by atoms with Crippen molar-refractivity contribution >= 4 is 5.91 Å². The standard InChI is InChI=1S/C14H20FNO2/c1-9(2)13(8-18-4)16-14(17)11-7-10(3)5-6-12(11)15/h5-7,9,13H,8H2,1-4H3,(H,16,17). The van der Waals surface area contributed by atoms with E-state index in [1.807, 2.05) is 20.8 Å². The van der Waals surface area contributed by atoms with Gasteiger partial charge in [0.25, 0.3) is 5.91 Å². The molecule has 18 heavy (non-hydrogen) atoms. The number of methoxy groups -OCH3 is 1. The topological polar surface area (TPSA) is 38.3 Å². The van der Waals surface area contributed by atoms with Gasteiger partial charge in [0.2, 0.25) is 0 Å². The van der Waals surface area contributed by atoms with Gasteiger partial charge in [0, 0.05) is 7.11 Å². The lowest BCUT2D eigenvalue weighted by Crippen LogP contribution is -2.42. The highest BCUT2D eigenvalue weighted by molar-refractivity contribution is 5.94. The maximum Gasteiger partial charge on any atom is 0.254 e. The molecule has 0 radical (unpaired) electrons. The van der Waals surface area contributed by atoms with Crippen molar-refractivity contribution in [3.05, 3.63) is 35.1 Å². The third-order valence-corrected chi connectivity index (χ3v) is 2.83. The zero-order valence-corrected chi connectivity index (χ0v) is 11.3. The molecule has 0 spiro atoms. The highest BCUT2D eigenvalue weighted by atomic mass is 19.1. The van der Waals surface area contributed by atoms with Gasteiger partial charge in [-0.1, -0.05) is 25.5 Å². The highest BCUT2D eigenvalue weighted by Crippen LogP contribution is 2.11. The number of hydrogen-bond donors (Lipinski definition) is 1. The van der Waals surface area contributed by atoms with E-state index in [0.717, 1.165) is 5.56 Å². The minimum absolute atomic E-state index is 0.0803. The molecular formula is C14H20FNO2. The van der Waals surface area contributed by atoms with E-state index in [1.165, 1.54) is 6.07 Å². The second-order valence-corrected chi connectivity index (χ2v) is 4.76. The van der Waals surface area contributed by atoms with Gasteiger partial charge in [0.15, 0.2) is 0 Å². The number of hydrogen-bond acceptors (Lipinski definition) is 2. The summed E-state index contributed by atoms with van der Waals surface area (Å²) in [7, 11) is 1.58. The van der Waals surface area contributed by atoms with Crippen molar-refractivity contribution in [2.45, 2.75) is 26.8 Å². The summed E-state index contributed by atoms with van der Waals surface area (Å²) in [5.74, 6) is -0.674. The summed E-state index contributed by atoms with van der Waals surface area (Å²) in [6.45, 7) is 6.20. The largest absolute Gasteiger partial charge is 0.383 e. The number of halogens is 1. The molecule has 1 rings (SSSR count). The van der Waals surface area contributed by atoms with Crippen molar-refractivity contribution in [1.82, 2.24) is 5.32 Å². The molecule has 1 amide bonds. The van der Waals surface area contributed by atoms with E-state index in [9.17, 15) is 9.18 Å². The average Bonchev–Trinajstić information content (AvgIpc) is 2.31. The summed E-state index contributed by atoms with van der Waals surface area (Å²) < 4.78 is 18.6. The maximum atomic E-state index is 13.6. The lowest BCUT2D eigenvalue weighted by molar-refractivity contribution is 0.0862. The average molecular weight is 253 g/mol. The molecule has 3 nitrogen and oxygen atoms in total. The van der Waals surface area contributed by atoms with Crippen LogP contribution >= 0.6 is 0 Å². The monoisotopic (exact) mass is 253 g/mol. The summed E-state index contributed by atoms with van der Waals surface area (Å²) in [6.07, 6.45) is 0. The zero-order chi connectivity index (χ0) is 13.7. The third-order valence-electron chi connectivity index (χ3n) is 2.83. The molecule has 0 aliphatic rings. The predicted molar refractivity (Wildman–Crippen MR) is 69.1 cm³/mol. The smallest absolute Gasteiger partial charge is 0.254 e. The molecule has 4 heteroatoms. The van der Waals surface area contributed by atoms with Crippen LogP contribution in [-0.4, -0.2) is 25.7 Å². The van der Waals surface area contributed by atoms with Crippen LogP contribution in [0.15, 0.2) is 18.2 Å². The van der Waals surface area contributed by atoms with Crippen LogP contribution in [0.2, 0.25) is 0 Å². The number of carbonyl (C=O) groups is 1. The van der Waals surface area contributed by atoms with Gasteiger partial charge in [-0.3, -0.25) is 4.79 Å². The van der Waals surface area contributed by atoms with Crippen LogP contribution in [0, 0.1) is 18.7 Å². The van der Waals surface area contributed by atoms with Crippen LogP contribution in [0.25, 0.3) is 0 Å². The van der Waals surface area contributed by atoms with E-state index in [1.54, 1.807) is 19.2 Å². The highest BCUT2D eigenvalue weighted by Gasteiger charge is 2.19. The fourth-order valence-corrected chi connectivity index (χ4v) is 1.64. The number of amides is 1. The molecule has 1 aromatic carbocycles. The van der Waals surface area contributed by atoms with Gasteiger partial charge in [0.05, 0.1) is 18.2 Å². The molecule has 100 valence electrons. The number of rotatable bonds is 5. The molecule has 0 saturated heterocycles. The van der Waals surface area contributed by atoms with Crippen LogP contribution in [0.4, 0.5) is 4.39 Å². The Hall–Kier alpha value is -1.42. The first-order chi connectivity index (χ1) is 8.45. The number of aryl methyl sites for hydroxylation is 1. The fourth-order valence-electron chi connectivity index (χ4n) is 1.64. The summed E-state index contributed by atoms with van der Waals surface area (Å²) in [5, 5.41) is 2.80. The Morgan fingerprint density at radius 2 is 2.11 bits per heavy atom. The molecule has 1 N–H and O–H groups in total. The van der Waals surface area contributed by atoms with Crippen molar-refractivity contribution in [3.8, 4) is 0 Å². The van der Waals surface area contributed by atoms with Crippen molar-refractivity contribution in [2.24, 2.45) is 5.92 Å². The fraction of sp³-hybridized carbons (Fsp3) is 0.500. The molecule has 0 aliphatic carbocycles. The van der Waals surface area contributed by atoms with Crippen molar-refractivity contribution in [1.29, 1.82) is 0 Å². The van der Waals surface area contributed by atoms with Crippen LogP contribution in [0.1, 0.15) is 29.8 Å². The predicted octanol–water partition coefficient (Wildman–Crippen LogP) is 2.53. The van der Waals surface area contributed by atoms with E-state index < -0.39 is 11.7 Å². The van der Waals surface area contributed by atoms with E-state index in [4.69, 9.17) is 4.74 Å². The molecule has 0 saturated carbocycles. The summed E-state index contributed by atoms with van der Waals surface area (Å²) in [4.78, 5) is 12.0. The Morgan fingerprint density at radius 1 is 1.44 bits per heavy atom. The molecule has 0 bridgehead atoms. The summed E-state index contributed by atoms with van der Waals surface area (Å²) in [5.41, 5.74) is 0.936. The van der Waals surface area contributed by atoms with Crippen molar-refractivity contribution < 1.29 is 13.9 Å². The van der Waals surface area contributed by atoms with E-state index in [-0.39, 0.29) is 17.5 Å². The molecule has 0 heterocycles. The lowest BCUT2D eigenvalue weighted by Gasteiger charge is -2.21. The first-order valence-corrected chi connectivity index (χ1v) is 6.01. The molecular weight excluding hydrogens is 233 g/mol. The number of benzene rings is 1. The van der Waals surface area contributed by atoms with Gasteiger partial charge < -0.3 is 10.1 Å². The Balaban J connectivity index is 2.83. The minimum Gasteiger partial charge on any atom is -0.383 e. The van der Waals surface area contributed by atoms with Gasteiger partial charge in [-0.15, -0.1) is 0 Å². The Kier molecular flexibility index (Phi) is 5.28. The van der Waals surface area contributed by atoms with Crippen molar-refractivity contribution in [2.75, 3.05) is 13.7 Å². The van der Waals surface area contributed by atoms with Gasteiger partial charge in [-0.25, -0.2) is 4.39 Å². The van der Waals surface area contributed by atoms with Crippen LogP contribution in [-0.2, 0) is 4.74 Å². The van der Waals surface area contributed by atoms with Crippen LogP contribution < -0.4 is 5.32 Å². The van der Waals surface area contributed by atoms with E-state index >= 15 is 0 Å². The quantitative estimate of drug-likeness (QED) is 0.875. The maximum absolute atomic E-state index is 13.6. The van der Waals surface area contributed by atoms with E-state index in [2.05, 4.69) is 5.32 Å². The second kappa shape index (κ2) is 6.50. The summed E-state index contributed by atoms with van der Waals surface area (Å²) in [6, 6.07) is 4.38. The van der Waals surface area contributed by atoms with Crippen LogP contribution in [0.5, 0.6) is 0 Å². The second-order valence-electron chi connectivity index (χ2n) is 4.76. The number of nitrogens with one attached hydrogen (secondary N) is 1. The molecule has 0 aromatic heterocycles. The van der Waals surface area contributed by atoms with Gasteiger partial charge in [0.1, 0.15) is 5.82 Å². The Morgan fingerprint density at radius 3 is 2.67 bits per heavy atom. The first kappa shape index (κ1) is 14.6. The molecule has 0 fully saturated rings. The first-order valence-electron chi connectivity index (χ1n) is 6.01. The zero-order valence-electron chi connectivity index (χ0n) is 11.3. The summed E-state index contributed by atoms with van der Waals surface area (Å²) >= 11 is 0. The van der Waals surface area contributed by atoms with Crippen LogP contribution in [0.3, 0.4) is 0 Å². The lowest BCUT2D eigenvalue weighted by atomic mass is 10.0. The SMILES string of the molecule is COCC(NC(=O)c1cc(C)ccc1F)C(C)C. The molecule has 1 unspecified atom stereocenters. The van der Waals surface area contributed by atoms with E-state index in [0.29, 0.717) is 6.61 Å². The number of ether oxygens (including phenoxy) is 1. The third kappa shape index (κ3) is 3.81. The molecule has 0 aliphatic heterocycles. The normalized spacial score (nSPS) is 12.6. The Bertz CT molecular complexity index is 418. The number of carbonyl (C=O) groups excluding carboxylic acids is 1. The minimum atomic E-state index is -0.502. The van der Waals surface area contributed by atoms with Gasteiger partial charge in [-0.2, -0.15) is 0 Å². The van der Waals surface area contributed by atoms with Crippen molar-refractivity contribution in [3.63, 3.8) is 0 Å². The molecule has 1 atom stereocenters. The molecule has 1 aromatic rings.